The van der Waals surface area contributed by atoms with Crippen molar-refractivity contribution < 1.29 is 9.90 Å². The Bertz CT molecular complexity index is 452. The number of nitrogens with one attached hydrogen (secondary N) is 1. The zero-order valence-electron chi connectivity index (χ0n) is 10.6. The second-order valence-electron chi connectivity index (χ2n) is 5.15. The van der Waals surface area contributed by atoms with Gasteiger partial charge in [0, 0.05) is 5.69 Å². The van der Waals surface area contributed by atoms with E-state index in [1.165, 1.54) is 5.56 Å². The predicted molar refractivity (Wildman–Crippen MR) is 68.3 cm³/mol. The maximum Gasteiger partial charge on any atom is 0.329 e. The van der Waals surface area contributed by atoms with Gasteiger partial charge < -0.3 is 10.4 Å². The molecule has 1 atom stereocenters. The lowest BCUT2D eigenvalue weighted by Crippen LogP contribution is -2.45. The molecule has 1 fully saturated rings. The van der Waals surface area contributed by atoms with E-state index < -0.39 is 11.5 Å². The molecule has 1 aromatic rings. The molecule has 2 rings (SSSR count). The summed E-state index contributed by atoms with van der Waals surface area (Å²) in [7, 11) is 0. The van der Waals surface area contributed by atoms with Crippen molar-refractivity contribution in [3.8, 4) is 0 Å². The van der Waals surface area contributed by atoms with Gasteiger partial charge in [0.25, 0.3) is 0 Å². The third kappa shape index (κ3) is 2.14. The van der Waals surface area contributed by atoms with Crippen molar-refractivity contribution in [1.82, 2.24) is 0 Å². The minimum absolute atomic E-state index is 0.250. The molecule has 1 aliphatic carbocycles. The zero-order valence-corrected chi connectivity index (χ0v) is 10.6. The van der Waals surface area contributed by atoms with Gasteiger partial charge in [0.15, 0.2) is 0 Å². The van der Waals surface area contributed by atoms with Crippen molar-refractivity contribution in [2.24, 2.45) is 5.92 Å². The van der Waals surface area contributed by atoms with Gasteiger partial charge in [-0.2, -0.15) is 0 Å². The second kappa shape index (κ2) is 4.06. The summed E-state index contributed by atoms with van der Waals surface area (Å²) in [5.74, 6) is -0.513. The van der Waals surface area contributed by atoms with E-state index in [0.717, 1.165) is 24.1 Å². The van der Waals surface area contributed by atoms with E-state index in [9.17, 15) is 9.90 Å². The van der Waals surface area contributed by atoms with Crippen molar-refractivity contribution in [2.75, 3.05) is 5.32 Å². The molecule has 1 unspecified atom stereocenters. The molecule has 0 bridgehead atoms. The third-order valence-corrected chi connectivity index (χ3v) is 3.84. The number of carbonyl (C=O) groups is 1. The molecular weight excluding hydrogens is 214 g/mol. The topological polar surface area (TPSA) is 49.3 Å². The first kappa shape index (κ1) is 12.0. The van der Waals surface area contributed by atoms with Gasteiger partial charge in [0.1, 0.15) is 5.54 Å². The molecule has 1 saturated carbocycles. The van der Waals surface area contributed by atoms with Gasteiger partial charge >= 0.3 is 5.97 Å². The molecule has 3 heteroatoms. The largest absolute Gasteiger partial charge is 0.480 e. The van der Waals surface area contributed by atoms with Crippen LogP contribution >= 0.6 is 0 Å². The number of carboxylic acid groups (broad SMARTS) is 1. The van der Waals surface area contributed by atoms with Crippen molar-refractivity contribution in [2.45, 2.75) is 39.2 Å². The molecule has 3 nitrogen and oxygen atoms in total. The average Bonchev–Trinajstić information content (AvgIpc) is 3.08. The van der Waals surface area contributed by atoms with Gasteiger partial charge in [-0.05, 0) is 56.7 Å². The Morgan fingerprint density at radius 1 is 1.41 bits per heavy atom. The maximum atomic E-state index is 11.4. The van der Waals surface area contributed by atoms with Crippen LogP contribution in [-0.2, 0) is 4.79 Å². The molecule has 1 aromatic carbocycles. The van der Waals surface area contributed by atoms with E-state index in [1.807, 2.05) is 32.0 Å². The summed E-state index contributed by atoms with van der Waals surface area (Å²) in [5, 5.41) is 12.6. The monoisotopic (exact) mass is 233 g/mol. The van der Waals surface area contributed by atoms with Crippen LogP contribution < -0.4 is 5.32 Å². The first-order valence-corrected chi connectivity index (χ1v) is 6.03. The van der Waals surface area contributed by atoms with Crippen LogP contribution in [0, 0.1) is 19.8 Å². The summed E-state index contributed by atoms with van der Waals surface area (Å²) in [6, 6.07) is 5.95. The van der Waals surface area contributed by atoms with E-state index >= 15 is 0 Å². The highest BCUT2D eigenvalue weighted by molar-refractivity contribution is 5.83. The average molecular weight is 233 g/mol. The summed E-state index contributed by atoms with van der Waals surface area (Å²) in [5.41, 5.74) is 2.40. The lowest BCUT2D eigenvalue weighted by Gasteiger charge is -2.28. The summed E-state index contributed by atoms with van der Waals surface area (Å²) in [6.07, 6.45) is 2.00. The fourth-order valence-corrected chi connectivity index (χ4v) is 2.16. The summed E-state index contributed by atoms with van der Waals surface area (Å²) >= 11 is 0. The quantitative estimate of drug-likeness (QED) is 0.840. The number of anilines is 1. The van der Waals surface area contributed by atoms with Gasteiger partial charge in [0.2, 0.25) is 0 Å². The van der Waals surface area contributed by atoms with E-state index in [2.05, 4.69) is 5.32 Å². The van der Waals surface area contributed by atoms with Crippen LogP contribution in [-0.4, -0.2) is 16.6 Å². The fourth-order valence-electron chi connectivity index (χ4n) is 2.16. The van der Waals surface area contributed by atoms with Crippen LogP contribution in [0.3, 0.4) is 0 Å². The van der Waals surface area contributed by atoms with Gasteiger partial charge in [-0.15, -0.1) is 0 Å². The van der Waals surface area contributed by atoms with E-state index in [-0.39, 0.29) is 5.92 Å². The molecule has 1 aliphatic rings. The number of hydrogen-bond acceptors (Lipinski definition) is 2. The van der Waals surface area contributed by atoms with E-state index in [0.29, 0.717) is 0 Å². The number of carboxylic acids is 1. The fraction of sp³-hybridized carbons (Fsp3) is 0.500. The van der Waals surface area contributed by atoms with Crippen molar-refractivity contribution >= 4 is 11.7 Å². The first-order valence-electron chi connectivity index (χ1n) is 6.03. The van der Waals surface area contributed by atoms with Crippen LogP contribution in [0.2, 0.25) is 0 Å². The lowest BCUT2D eigenvalue weighted by molar-refractivity contribution is -0.142. The normalized spacial score (nSPS) is 18.5. The van der Waals surface area contributed by atoms with Crippen molar-refractivity contribution in [1.29, 1.82) is 0 Å². The van der Waals surface area contributed by atoms with E-state index in [1.54, 1.807) is 6.92 Å². The number of rotatable bonds is 4. The highest BCUT2D eigenvalue weighted by atomic mass is 16.4. The molecular formula is C14H19NO2. The molecule has 0 spiro atoms. The minimum Gasteiger partial charge on any atom is -0.480 e. The predicted octanol–water partition coefficient (Wildman–Crippen LogP) is 2.97. The number of hydrogen-bond donors (Lipinski definition) is 2. The Morgan fingerprint density at radius 2 is 2.06 bits per heavy atom. The molecule has 2 N–H and O–H groups in total. The number of benzene rings is 1. The van der Waals surface area contributed by atoms with Gasteiger partial charge in [-0.3, -0.25) is 0 Å². The lowest BCUT2D eigenvalue weighted by atomic mass is 9.94. The Morgan fingerprint density at radius 3 is 2.59 bits per heavy atom. The molecule has 0 radical (unpaired) electrons. The standard InChI is InChI=1S/C14H19NO2/c1-9-5-4-6-12(10(9)2)15-14(3,13(16)17)11-7-8-11/h4-6,11,15H,7-8H2,1-3H3,(H,16,17). The smallest absolute Gasteiger partial charge is 0.329 e. The molecule has 0 aliphatic heterocycles. The Kier molecular flexibility index (Phi) is 2.86. The van der Waals surface area contributed by atoms with Crippen LogP contribution in [0.15, 0.2) is 18.2 Å². The summed E-state index contributed by atoms with van der Waals surface area (Å²) in [4.78, 5) is 11.4. The highest BCUT2D eigenvalue weighted by Crippen LogP contribution is 2.42. The Labute approximate surface area is 102 Å². The van der Waals surface area contributed by atoms with Crippen LogP contribution in [0.25, 0.3) is 0 Å². The molecule has 0 heterocycles. The maximum absolute atomic E-state index is 11.4. The van der Waals surface area contributed by atoms with Crippen LogP contribution in [0.5, 0.6) is 0 Å². The van der Waals surface area contributed by atoms with E-state index in [4.69, 9.17) is 0 Å². The SMILES string of the molecule is Cc1cccc(NC(C)(C(=O)O)C2CC2)c1C. The minimum atomic E-state index is -0.835. The second-order valence-corrected chi connectivity index (χ2v) is 5.15. The molecule has 92 valence electrons. The molecule has 17 heavy (non-hydrogen) atoms. The van der Waals surface area contributed by atoms with Crippen LogP contribution in [0.1, 0.15) is 30.9 Å². The van der Waals surface area contributed by atoms with Crippen molar-refractivity contribution in [3.63, 3.8) is 0 Å². The number of aliphatic carboxylic acids is 1. The highest BCUT2D eigenvalue weighted by Gasteiger charge is 2.47. The molecule has 0 saturated heterocycles. The van der Waals surface area contributed by atoms with Crippen molar-refractivity contribution in [3.05, 3.63) is 29.3 Å². The molecule has 0 amide bonds. The van der Waals surface area contributed by atoms with Gasteiger partial charge in [0.05, 0.1) is 0 Å². The summed E-state index contributed by atoms with van der Waals surface area (Å²) < 4.78 is 0. The zero-order chi connectivity index (χ0) is 12.6. The Hall–Kier alpha value is -1.51. The Balaban J connectivity index is 2.29. The summed E-state index contributed by atoms with van der Waals surface area (Å²) in [6.45, 7) is 5.84. The van der Waals surface area contributed by atoms with Gasteiger partial charge in [-0.25, -0.2) is 4.79 Å². The number of aryl methyl sites for hydroxylation is 1. The van der Waals surface area contributed by atoms with Crippen LogP contribution in [0.4, 0.5) is 5.69 Å². The van der Waals surface area contributed by atoms with Gasteiger partial charge in [-0.1, -0.05) is 12.1 Å². The molecule has 0 aromatic heterocycles. The first-order chi connectivity index (χ1) is 7.95. The third-order valence-electron chi connectivity index (χ3n) is 3.84.